The summed E-state index contributed by atoms with van der Waals surface area (Å²) in [5, 5.41) is 13.8. The molecule has 0 saturated heterocycles. The molecule has 1 aromatic rings. The van der Waals surface area contributed by atoms with Crippen molar-refractivity contribution >= 4 is 29.1 Å². The molecule has 0 aromatic heterocycles. The summed E-state index contributed by atoms with van der Waals surface area (Å²) in [7, 11) is 0. The first-order chi connectivity index (χ1) is 8.28. The monoisotopic (exact) mass is 267 g/mol. The second-order valence-electron chi connectivity index (χ2n) is 4.79. The van der Waals surface area contributed by atoms with Crippen LogP contribution in [0.1, 0.15) is 19.3 Å². The number of halogens is 1. The smallest absolute Gasteiger partial charge is 0.0737 e. The SMILES string of the molecule is ON=C1C2CCC(C2)C1Sc1ccc(Cl)cc1. The Balaban J connectivity index is 1.79. The van der Waals surface area contributed by atoms with Gasteiger partial charge in [0.1, 0.15) is 0 Å². The van der Waals surface area contributed by atoms with E-state index in [1.807, 2.05) is 24.3 Å². The average Bonchev–Trinajstić information content (AvgIpc) is 2.92. The summed E-state index contributed by atoms with van der Waals surface area (Å²) in [6, 6.07) is 7.89. The molecule has 1 aromatic carbocycles. The molecule has 0 aliphatic heterocycles. The molecule has 90 valence electrons. The van der Waals surface area contributed by atoms with Gasteiger partial charge >= 0.3 is 0 Å². The van der Waals surface area contributed by atoms with E-state index in [1.165, 1.54) is 24.2 Å². The molecule has 2 fully saturated rings. The molecule has 3 atom stereocenters. The van der Waals surface area contributed by atoms with Crippen molar-refractivity contribution in [1.29, 1.82) is 0 Å². The van der Waals surface area contributed by atoms with E-state index in [-0.39, 0.29) is 0 Å². The van der Waals surface area contributed by atoms with Crippen molar-refractivity contribution < 1.29 is 5.21 Å². The van der Waals surface area contributed by atoms with E-state index in [4.69, 9.17) is 16.8 Å². The Hall–Kier alpha value is -0.670. The van der Waals surface area contributed by atoms with Crippen LogP contribution in [0, 0.1) is 11.8 Å². The number of thioether (sulfide) groups is 1. The average molecular weight is 268 g/mol. The number of fused-ring (bicyclic) bond motifs is 2. The normalized spacial score (nSPS) is 33.5. The van der Waals surface area contributed by atoms with Gasteiger partial charge in [-0.1, -0.05) is 16.8 Å². The fourth-order valence-electron chi connectivity index (χ4n) is 2.99. The van der Waals surface area contributed by atoms with Crippen molar-refractivity contribution in [2.45, 2.75) is 29.4 Å². The van der Waals surface area contributed by atoms with Crippen LogP contribution in [0.4, 0.5) is 0 Å². The zero-order valence-corrected chi connectivity index (χ0v) is 10.9. The molecular formula is C13H14ClNOS. The lowest BCUT2D eigenvalue weighted by atomic mass is 9.98. The molecule has 0 radical (unpaired) electrons. The van der Waals surface area contributed by atoms with Gasteiger partial charge in [0.15, 0.2) is 0 Å². The van der Waals surface area contributed by atoms with Gasteiger partial charge in [-0.25, -0.2) is 0 Å². The Morgan fingerprint density at radius 1 is 1.24 bits per heavy atom. The van der Waals surface area contributed by atoms with Crippen LogP contribution in [0.3, 0.4) is 0 Å². The molecule has 0 spiro atoms. The zero-order valence-electron chi connectivity index (χ0n) is 9.34. The van der Waals surface area contributed by atoms with Gasteiger partial charge in [0, 0.05) is 15.8 Å². The molecule has 3 rings (SSSR count). The number of oxime groups is 1. The first-order valence-corrected chi connectivity index (χ1v) is 7.18. The van der Waals surface area contributed by atoms with Gasteiger partial charge in [-0.2, -0.15) is 0 Å². The molecule has 2 aliphatic carbocycles. The highest BCUT2D eigenvalue weighted by atomic mass is 35.5. The maximum atomic E-state index is 9.13. The highest BCUT2D eigenvalue weighted by Crippen LogP contribution is 2.49. The van der Waals surface area contributed by atoms with Gasteiger partial charge < -0.3 is 5.21 Å². The van der Waals surface area contributed by atoms with E-state index >= 15 is 0 Å². The number of rotatable bonds is 2. The number of hydrogen-bond donors (Lipinski definition) is 1. The van der Waals surface area contributed by atoms with Gasteiger partial charge in [0.05, 0.1) is 11.0 Å². The number of benzene rings is 1. The highest BCUT2D eigenvalue weighted by molar-refractivity contribution is 8.00. The molecule has 3 unspecified atom stereocenters. The van der Waals surface area contributed by atoms with Crippen molar-refractivity contribution in [3.8, 4) is 0 Å². The largest absolute Gasteiger partial charge is 0.411 e. The van der Waals surface area contributed by atoms with Crippen molar-refractivity contribution in [2.24, 2.45) is 17.0 Å². The third-order valence-corrected chi connectivity index (χ3v) is 5.48. The Bertz CT molecular complexity index is 445. The van der Waals surface area contributed by atoms with Crippen molar-refractivity contribution in [3.05, 3.63) is 29.3 Å². The molecule has 2 bridgehead atoms. The van der Waals surface area contributed by atoms with Crippen molar-refractivity contribution in [3.63, 3.8) is 0 Å². The fourth-order valence-corrected chi connectivity index (χ4v) is 4.50. The van der Waals surface area contributed by atoms with E-state index in [2.05, 4.69) is 5.16 Å². The quantitative estimate of drug-likeness (QED) is 0.647. The predicted molar refractivity (Wildman–Crippen MR) is 71.1 cm³/mol. The lowest BCUT2D eigenvalue weighted by molar-refractivity contribution is 0.314. The minimum absolute atomic E-state index is 0.361. The van der Waals surface area contributed by atoms with Crippen LogP contribution in [-0.2, 0) is 0 Å². The van der Waals surface area contributed by atoms with Gasteiger partial charge in [-0.3, -0.25) is 0 Å². The molecule has 2 nitrogen and oxygen atoms in total. The van der Waals surface area contributed by atoms with E-state index in [9.17, 15) is 0 Å². The molecule has 1 N–H and O–H groups in total. The van der Waals surface area contributed by atoms with E-state index < -0.39 is 0 Å². The van der Waals surface area contributed by atoms with Crippen LogP contribution >= 0.6 is 23.4 Å². The topological polar surface area (TPSA) is 32.6 Å². The predicted octanol–water partition coefficient (Wildman–Crippen LogP) is 4.06. The molecule has 4 heteroatoms. The van der Waals surface area contributed by atoms with Crippen LogP contribution in [-0.4, -0.2) is 16.2 Å². The molecule has 0 heterocycles. The maximum Gasteiger partial charge on any atom is 0.0737 e. The van der Waals surface area contributed by atoms with Crippen LogP contribution in [0.2, 0.25) is 5.02 Å². The molecule has 17 heavy (non-hydrogen) atoms. The van der Waals surface area contributed by atoms with Crippen LogP contribution in [0.15, 0.2) is 34.3 Å². The fraction of sp³-hybridized carbons (Fsp3) is 0.462. The summed E-state index contributed by atoms with van der Waals surface area (Å²) in [5.41, 5.74) is 1.00. The van der Waals surface area contributed by atoms with Crippen LogP contribution in [0.5, 0.6) is 0 Å². The summed E-state index contributed by atoms with van der Waals surface area (Å²) >= 11 is 7.68. The zero-order chi connectivity index (χ0) is 11.8. The molecule has 0 amide bonds. The second kappa shape index (κ2) is 4.54. The Morgan fingerprint density at radius 2 is 2.00 bits per heavy atom. The first kappa shape index (κ1) is 11.4. The standard InChI is InChI=1S/C13H14ClNOS/c14-10-3-5-11(6-4-10)17-13-9-2-1-8(7-9)12(13)15-16/h3-6,8-9,13,16H,1-2,7H2. The van der Waals surface area contributed by atoms with Gasteiger partial charge in [0.25, 0.3) is 0 Å². The Morgan fingerprint density at radius 3 is 2.71 bits per heavy atom. The second-order valence-corrected chi connectivity index (χ2v) is 6.44. The molecular weight excluding hydrogens is 254 g/mol. The van der Waals surface area contributed by atoms with Gasteiger partial charge in [-0.05, 0) is 49.4 Å². The van der Waals surface area contributed by atoms with Crippen molar-refractivity contribution in [2.75, 3.05) is 0 Å². The van der Waals surface area contributed by atoms with E-state index in [1.54, 1.807) is 11.8 Å². The van der Waals surface area contributed by atoms with Crippen LogP contribution < -0.4 is 0 Å². The van der Waals surface area contributed by atoms with Gasteiger partial charge in [0.2, 0.25) is 0 Å². The van der Waals surface area contributed by atoms with Crippen LogP contribution in [0.25, 0.3) is 0 Å². The van der Waals surface area contributed by atoms with E-state index in [0.29, 0.717) is 17.1 Å². The maximum absolute atomic E-state index is 9.13. The molecule has 2 saturated carbocycles. The number of nitrogens with zero attached hydrogens (tertiary/aromatic N) is 1. The summed E-state index contributed by atoms with van der Waals surface area (Å²) in [5.74, 6) is 1.21. The summed E-state index contributed by atoms with van der Waals surface area (Å²) in [4.78, 5) is 1.20. The van der Waals surface area contributed by atoms with E-state index in [0.717, 1.165) is 10.7 Å². The minimum atomic E-state index is 0.361. The summed E-state index contributed by atoms with van der Waals surface area (Å²) in [6.45, 7) is 0. The lowest BCUT2D eigenvalue weighted by Crippen LogP contribution is -2.24. The van der Waals surface area contributed by atoms with Crippen molar-refractivity contribution in [1.82, 2.24) is 0 Å². The van der Waals surface area contributed by atoms with Gasteiger partial charge in [-0.15, -0.1) is 11.8 Å². The Kier molecular flexibility index (Phi) is 3.05. The summed E-state index contributed by atoms with van der Waals surface area (Å²) < 4.78 is 0. The highest BCUT2D eigenvalue weighted by Gasteiger charge is 2.45. The minimum Gasteiger partial charge on any atom is -0.411 e. The summed E-state index contributed by atoms with van der Waals surface area (Å²) in [6.07, 6.45) is 3.67. The third-order valence-electron chi connectivity index (χ3n) is 3.80. The first-order valence-electron chi connectivity index (χ1n) is 5.92. The lowest BCUT2D eigenvalue weighted by Gasteiger charge is -2.22. The molecule has 2 aliphatic rings. The number of hydrogen-bond acceptors (Lipinski definition) is 3. The third kappa shape index (κ3) is 2.06. The Labute approximate surface area is 110 Å².